The quantitative estimate of drug-likeness (QED) is 0.874. The van der Waals surface area contributed by atoms with Crippen molar-refractivity contribution in [2.75, 3.05) is 33.3 Å². The van der Waals surface area contributed by atoms with Gasteiger partial charge in [-0.1, -0.05) is 32.4 Å². The Balaban J connectivity index is 0.00000220. The Kier molecular flexibility index (Phi) is 10.0. The van der Waals surface area contributed by atoms with Crippen molar-refractivity contribution in [1.82, 2.24) is 10.2 Å². The molecule has 6 heteroatoms. The van der Waals surface area contributed by atoms with Gasteiger partial charge in [0.15, 0.2) is 11.6 Å². The summed E-state index contributed by atoms with van der Waals surface area (Å²) in [5.74, 6) is 0.591. The van der Waals surface area contributed by atoms with Gasteiger partial charge in [0.05, 0.1) is 7.11 Å². The highest BCUT2D eigenvalue weighted by Gasteiger charge is 2.29. The first kappa shape index (κ1) is 21.4. The van der Waals surface area contributed by atoms with Crippen molar-refractivity contribution in [3.63, 3.8) is 0 Å². The standard InChI is InChI=1S/C16H25FN2O.2ClH/c1-4-12(2)15(19-10-8-18-9-11-19)13-6-5-7-14(17)16(13)20-3;;/h5-7,12,15,18H,4,8-11H2,1-3H3;2*1H/t12?,15-;;/m1../s1. The number of nitrogens with zero attached hydrogens (tertiary/aromatic N) is 1. The summed E-state index contributed by atoms with van der Waals surface area (Å²) in [6.07, 6.45) is 1.06. The number of hydrogen-bond acceptors (Lipinski definition) is 3. The summed E-state index contributed by atoms with van der Waals surface area (Å²) in [6, 6.07) is 5.46. The molecule has 1 N–H and O–H groups in total. The van der Waals surface area contributed by atoms with E-state index >= 15 is 0 Å². The van der Waals surface area contributed by atoms with Crippen LogP contribution in [-0.2, 0) is 0 Å². The lowest BCUT2D eigenvalue weighted by Gasteiger charge is -2.39. The zero-order valence-corrected chi connectivity index (χ0v) is 15.1. The van der Waals surface area contributed by atoms with Crippen LogP contribution >= 0.6 is 24.8 Å². The van der Waals surface area contributed by atoms with Crippen LogP contribution < -0.4 is 10.1 Å². The molecule has 1 unspecified atom stereocenters. The molecule has 1 aliphatic rings. The van der Waals surface area contributed by atoms with Crippen molar-refractivity contribution in [1.29, 1.82) is 0 Å². The number of methoxy groups -OCH3 is 1. The van der Waals surface area contributed by atoms with Gasteiger partial charge in [0, 0.05) is 37.8 Å². The molecule has 1 fully saturated rings. The van der Waals surface area contributed by atoms with Gasteiger partial charge < -0.3 is 10.1 Å². The normalized spacial score (nSPS) is 17.8. The fourth-order valence-corrected chi connectivity index (χ4v) is 3.02. The Bertz CT molecular complexity index is 442. The summed E-state index contributed by atoms with van der Waals surface area (Å²) in [5.41, 5.74) is 0.976. The van der Waals surface area contributed by atoms with E-state index in [1.807, 2.05) is 6.07 Å². The second-order valence-electron chi connectivity index (χ2n) is 5.48. The third-order valence-electron chi connectivity index (χ3n) is 4.25. The number of ether oxygens (including phenoxy) is 1. The van der Waals surface area contributed by atoms with Crippen LogP contribution in [0.1, 0.15) is 31.9 Å². The predicted molar refractivity (Wildman–Crippen MR) is 94.1 cm³/mol. The van der Waals surface area contributed by atoms with Crippen molar-refractivity contribution in [2.45, 2.75) is 26.3 Å². The maximum atomic E-state index is 14.0. The number of hydrogen-bond donors (Lipinski definition) is 1. The largest absolute Gasteiger partial charge is 0.493 e. The number of halogens is 3. The van der Waals surface area contributed by atoms with Gasteiger partial charge >= 0.3 is 0 Å². The van der Waals surface area contributed by atoms with Crippen molar-refractivity contribution in [3.8, 4) is 5.75 Å². The zero-order valence-electron chi connectivity index (χ0n) is 13.5. The second kappa shape index (κ2) is 10.3. The third-order valence-corrected chi connectivity index (χ3v) is 4.25. The molecular formula is C16H27Cl2FN2O. The van der Waals surface area contributed by atoms with Crippen LogP contribution in [0.15, 0.2) is 18.2 Å². The summed E-state index contributed by atoms with van der Waals surface area (Å²) >= 11 is 0. The number of para-hydroxylation sites is 1. The summed E-state index contributed by atoms with van der Waals surface area (Å²) in [4.78, 5) is 2.45. The Morgan fingerprint density at radius 3 is 2.45 bits per heavy atom. The van der Waals surface area contributed by atoms with Gasteiger partial charge in [-0.15, -0.1) is 24.8 Å². The minimum absolute atomic E-state index is 0. The number of benzene rings is 1. The zero-order chi connectivity index (χ0) is 14.5. The first-order chi connectivity index (χ1) is 9.69. The molecule has 1 aliphatic heterocycles. The SMILES string of the molecule is CCC(C)[C@H](c1cccc(F)c1OC)N1CCNCC1.Cl.Cl. The molecule has 2 atom stereocenters. The van der Waals surface area contributed by atoms with E-state index in [0.717, 1.165) is 38.2 Å². The molecule has 1 aromatic carbocycles. The highest BCUT2D eigenvalue weighted by molar-refractivity contribution is 5.85. The minimum atomic E-state index is -0.270. The fraction of sp³-hybridized carbons (Fsp3) is 0.625. The second-order valence-corrected chi connectivity index (χ2v) is 5.48. The molecule has 0 radical (unpaired) electrons. The van der Waals surface area contributed by atoms with Crippen molar-refractivity contribution in [2.24, 2.45) is 5.92 Å². The molecule has 1 saturated heterocycles. The highest BCUT2D eigenvalue weighted by Crippen LogP contribution is 2.37. The molecule has 128 valence electrons. The maximum absolute atomic E-state index is 14.0. The van der Waals surface area contributed by atoms with Gasteiger partial charge in [0.2, 0.25) is 0 Å². The number of nitrogens with one attached hydrogen (secondary N) is 1. The molecule has 1 heterocycles. The first-order valence-electron chi connectivity index (χ1n) is 7.46. The van der Waals surface area contributed by atoms with Crippen LogP contribution in [0.5, 0.6) is 5.75 Å². The van der Waals surface area contributed by atoms with E-state index < -0.39 is 0 Å². The average molecular weight is 353 g/mol. The van der Waals surface area contributed by atoms with E-state index in [1.165, 1.54) is 6.07 Å². The van der Waals surface area contributed by atoms with Crippen LogP contribution in [0.2, 0.25) is 0 Å². The van der Waals surface area contributed by atoms with E-state index in [1.54, 1.807) is 13.2 Å². The molecule has 0 amide bonds. The molecule has 0 spiro atoms. The monoisotopic (exact) mass is 352 g/mol. The molecule has 0 bridgehead atoms. The average Bonchev–Trinajstić information content (AvgIpc) is 2.48. The molecule has 0 saturated carbocycles. The van der Waals surface area contributed by atoms with Crippen LogP contribution in [0.4, 0.5) is 4.39 Å². The van der Waals surface area contributed by atoms with Gasteiger partial charge in [-0.2, -0.15) is 0 Å². The Hall–Kier alpha value is -0.550. The Morgan fingerprint density at radius 2 is 1.91 bits per heavy atom. The summed E-state index contributed by atoms with van der Waals surface area (Å²) in [7, 11) is 1.55. The summed E-state index contributed by atoms with van der Waals surface area (Å²) in [6.45, 7) is 8.39. The maximum Gasteiger partial charge on any atom is 0.165 e. The van der Waals surface area contributed by atoms with Crippen LogP contribution in [0, 0.1) is 11.7 Å². The van der Waals surface area contributed by atoms with E-state index in [-0.39, 0.29) is 36.7 Å². The summed E-state index contributed by atoms with van der Waals surface area (Å²) < 4.78 is 19.3. The van der Waals surface area contributed by atoms with E-state index in [2.05, 4.69) is 24.1 Å². The first-order valence-corrected chi connectivity index (χ1v) is 7.46. The molecule has 22 heavy (non-hydrogen) atoms. The Morgan fingerprint density at radius 1 is 1.27 bits per heavy atom. The molecule has 0 aromatic heterocycles. The lowest BCUT2D eigenvalue weighted by molar-refractivity contribution is 0.125. The summed E-state index contributed by atoms with van der Waals surface area (Å²) in [5, 5.41) is 3.37. The number of rotatable bonds is 5. The lowest BCUT2D eigenvalue weighted by Crippen LogP contribution is -2.46. The topological polar surface area (TPSA) is 24.5 Å². The van der Waals surface area contributed by atoms with Gasteiger partial charge in [0.1, 0.15) is 0 Å². The highest BCUT2D eigenvalue weighted by atomic mass is 35.5. The van der Waals surface area contributed by atoms with E-state index in [0.29, 0.717) is 11.7 Å². The lowest BCUT2D eigenvalue weighted by atomic mass is 9.90. The third kappa shape index (κ3) is 4.72. The van der Waals surface area contributed by atoms with Crippen molar-refractivity contribution >= 4 is 24.8 Å². The molecule has 2 rings (SSSR count). The van der Waals surface area contributed by atoms with Crippen LogP contribution in [0.3, 0.4) is 0 Å². The van der Waals surface area contributed by atoms with Gasteiger partial charge in [-0.3, -0.25) is 4.90 Å². The predicted octanol–water partition coefficient (Wildman–Crippen LogP) is 3.67. The molecule has 0 aliphatic carbocycles. The number of piperazine rings is 1. The van der Waals surface area contributed by atoms with Gasteiger partial charge in [-0.05, 0) is 12.0 Å². The smallest absolute Gasteiger partial charge is 0.165 e. The molecular weight excluding hydrogens is 326 g/mol. The van der Waals surface area contributed by atoms with Crippen LogP contribution in [0.25, 0.3) is 0 Å². The van der Waals surface area contributed by atoms with E-state index in [9.17, 15) is 4.39 Å². The van der Waals surface area contributed by atoms with Gasteiger partial charge in [0.25, 0.3) is 0 Å². The van der Waals surface area contributed by atoms with Gasteiger partial charge in [-0.25, -0.2) is 4.39 Å². The molecule has 1 aromatic rings. The van der Waals surface area contributed by atoms with Crippen LogP contribution in [-0.4, -0.2) is 38.2 Å². The van der Waals surface area contributed by atoms with Crippen molar-refractivity contribution in [3.05, 3.63) is 29.6 Å². The molecule has 3 nitrogen and oxygen atoms in total. The Labute approximate surface area is 145 Å². The van der Waals surface area contributed by atoms with Crippen molar-refractivity contribution < 1.29 is 9.13 Å². The van der Waals surface area contributed by atoms with E-state index in [4.69, 9.17) is 4.74 Å². The minimum Gasteiger partial charge on any atom is -0.493 e. The fourth-order valence-electron chi connectivity index (χ4n) is 3.02.